The minimum absolute atomic E-state index is 0.268. The van der Waals surface area contributed by atoms with E-state index in [4.69, 9.17) is 28.3 Å². The van der Waals surface area contributed by atoms with Crippen molar-refractivity contribution in [3.05, 3.63) is 28.2 Å². The molecule has 5 nitrogen and oxygen atoms in total. The van der Waals surface area contributed by atoms with Crippen LogP contribution in [0.3, 0.4) is 0 Å². The third-order valence-corrected chi connectivity index (χ3v) is 3.01. The maximum absolute atomic E-state index is 11.5. The summed E-state index contributed by atoms with van der Waals surface area (Å²) in [6.45, 7) is 1.85. The highest BCUT2D eigenvalue weighted by atomic mass is 35.5. The lowest BCUT2D eigenvalue weighted by Crippen LogP contribution is -2.31. The van der Waals surface area contributed by atoms with E-state index in [-0.39, 0.29) is 6.54 Å². The largest absolute Gasteiger partial charge is 0.481 e. The fourth-order valence-corrected chi connectivity index (χ4v) is 1.74. The van der Waals surface area contributed by atoms with Crippen LogP contribution in [0, 0.1) is 5.92 Å². The molecule has 0 aliphatic heterocycles. The molecule has 0 aliphatic carbocycles. The van der Waals surface area contributed by atoms with Gasteiger partial charge in [-0.05, 0) is 24.6 Å². The number of carbonyl (C=O) groups excluding carboxylic acids is 1. The van der Waals surface area contributed by atoms with Crippen LogP contribution in [0.4, 0.5) is 10.5 Å². The molecule has 1 rings (SSSR count). The van der Waals surface area contributed by atoms with E-state index in [9.17, 15) is 9.59 Å². The van der Waals surface area contributed by atoms with Crippen molar-refractivity contribution >= 4 is 40.9 Å². The van der Waals surface area contributed by atoms with Crippen LogP contribution in [0.2, 0.25) is 10.0 Å². The molecule has 0 heterocycles. The van der Waals surface area contributed by atoms with Crippen molar-refractivity contribution in [2.75, 3.05) is 11.9 Å². The number of hydrogen-bond donors (Lipinski definition) is 3. The third kappa shape index (κ3) is 5.36. The number of rotatable bonds is 5. The number of carboxylic acid groups (broad SMARTS) is 1. The first kappa shape index (κ1) is 15.6. The van der Waals surface area contributed by atoms with Crippen molar-refractivity contribution in [2.45, 2.75) is 13.3 Å². The fraction of sp³-hybridized carbons (Fsp3) is 0.333. The fourth-order valence-electron chi connectivity index (χ4n) is 1.28. The standard InChI is InChI=1S/C12H14Cl2N2O3/c1-7(11(17)18)4-5-15-12(19)16-10-3-2-8(13)6-9(10)14/h2-3,6-7H,4-5H2,1H3,(H,17,18)(H2,15,16,19). The van der Waals surface area contributed by atoms with Crippen LogP contribution in [0.5, 0.6) is 0 Å². The molecular formula is C12H14Cl2N2O3. The Morgan fingerprint density at radius 3 is 2.63 bits per heavy atom. The van der Waals surface area contributed by atoms with Crippen molar-refractivity contribution in [1.29, 1.82) is 0 Å². The maximum atomic E-state index is 11.5. The summed E-state index contributed by atoms with van der Waals surface area (Å²) in [4.78, 5) is 22.1. The number of anilines is 1. The number of carboxylic acids is 1. The Kier molecular flexibility index (Phi) is 5.92. The van der Waals surface area contributed by atoms with Crippen LogP contribution in [-0.2, 0) is 4.79 Å². The van der Waals surface area contributed by atoms with E-state index in [1.165, 1.54) is 6.07 Å². The number of hydrogen-bond acceptors (Lipinski definition) is 2. The highest BCUT2D eigenvalue weighted by molar-refractivity contribution is 6.36. The molecule has 0 radical (unpaired) electrons. The number of carbonyl (C=O) groups is 2. The van der Waals surface area contributed by atoms with Gasteiger partial charge in [0, 0.05) is 11.6 Å². The number of halogens is 2. The van der Waals surface area contributed by atoms with Gasteiger partial charge in [0.25, 0.3) is 0 Å². The predicted octanol–water partition coefficient (Wildman–Crippen LogP) is 3.23. The van der Waals surface area contributed by atoms with Gasteiger partial charge in [-0.1, -0.05) is 30.1 Å². The van der Waals surface area contributed by atoms with Crippen LogP contribution in [0.15, 0.2) is 18.2 Å². The summed E-state index contributed by atoms with van der Waals surface area (Å²) in [5.41, 5.74) is 0.440. The normalized spacial score (nSPS) is 11.7. The molecule has 3 N–H and O–H groups in total. The van der Waals surface area contributed by atoms with Crippen molar-refractivity contribution in [2.24, 2.45) is 5.92 Å². The summed E-state index contributed by atoms with van der Waals surface area (Å²) in [5, 5.41) is 14.6. The molecule has 104 valence electrons. The van der Waals surface area contributed by atoms with E-state index in [0.717, 1.165) is 0 Å². The lowest BCUT2D eigenvalue weighted by atomic mass is 10.1. The average Bonchev–Trinajstić information content (AvgIpc) is 2.32. The van der Waals surface area contributed by atoms with E-state index >= 15 is 0 Å². The van der Waals surface area contributed by atoms with Crippen LogP contribution >= 0.6 is 23.2 Å². The van der Waals surface area contributed by atoms with Gasteiger partial charge >= 0.3 is 12.0 Å². The number of amides is 2. The number of aliphatic carboxylic acids is 1. The molecule has 0 aromatic heterocycles. The predicted molar refractivity (Wildman–Crippen MR) is 74.9 cm³/mol. The zero-order valence-corrected chi connectivity index (χ0v) is 11.8. The summed E-state index contributed by atoms with van der Waals surface area (Å²) >= 11 is 11.6. The molecular weight excluding hydrogens is 291 g/mol. The number of benzene rings is 1. The van der Waals surface area contributed by atoms with Crippen LogP contribution in [0.1, 0.15) is 13.3 Å². The zero-order valence-electron chi connectivity index (χ0n) is 10.2. The molecule has 0 saturated heterocycles. The first-order valence-electron chi connectivity index (χ1n) is 5.63. The smallest absolute Gasteiger partial charge is 0.319 e. The molecule has 1 aromatic rings. The van der Waals surface area contributed by atoms with Crippen molar-refractivity contribution in [3.63, 3.8) is 0 Å². The van der Waals surface area contributed by atoms with Gasteiger partial charge in [-0.2, -0.15) is 0 Å². The molecule has 0 aliphatic rings. The summed E-state index contributed by atoms with van der Waals surface area (Å²) in [5.74, 6) is -1.39. The Morgan fingerprint density at radius 2 is 2.05 bits per heavy atom. The van der Waals surface area contributed by atoms with Crippen LogP contribution in [0.25, 0.3) is 0 Å². The highest BCUT2D eigenvalue weighted by Crippen LogP contribution is 2.25. The van der Waals surface area contributed by atoms with Crippen LogP contribution < -0.4 is 10.6 Å². The van der Waals surface area contributed by atoms with Gasteiger partial charge in [0.15, 0.2) is 0 Å². The van der Waals surface area contributed by atoms with Gasteiger partial charge in [-0.15, -0.1) is 0 Å². The Balaban J connectivity index is 2.41. The van der Waals surface area contributed by atoms with E-state index in [1.54, 1.807) is 19.1 Å². The number of nitrogens with one attached hydrogen (secondary N) is 2. The second-order valence-electron chi connectivity index (χ2n) is 4.03. The molecule has 0 bridgehead atoms. The number of urea groups is 1. The van der Waals surface area contributed by atoms with Crippen molar-refractivity contribution < 1.29 is 14.7 Å². The lowest BCUT2D eigenvalue weighted by Gasteiger charge is -2.10. The minimum Gasteiger partial charge on any atom is -0.481 e. The van der Waals surface area contributed by atoms with E-state index in [2.05, 4.69) is 10.6 Å². The monoisotopic (exact) mass is 304 g/mol. The first-order chi connectivity index (χ1) is 8.90. The molecule has 7 heteroatoms. The SMILES string of the molecule is CC(CCNC(=O)Nc1ccc(Cl)cc1Cl)C(=O)O. The van der Waals surface area contributed by atoms with Gasteiger partial charge in [-0.3, -0.25) is 4.79 Å². The van der Waals surface area contributed by atoms with E-state index in [1.807, 2.05) is 0 Å². The van der Waals surface area contributed by atoms with Crippen LogP contribution in [-0.4, -0.2) is 23.7 Å². The van der Waals surface area contributed by atoms with Gasteiger partial charge in [-0.25, -0.2) is 4.79 Å². The lowest BCUT2D eigenvalue weighted by molar-refractivity contribution is -0.141. The first-order valence-corrected chi connectivity index (χ1v) is 6.38. The maximum Gasteiger partial charge on any atom is 0.319 e. The topological polar surface area (TPSA) is 78.4 Å². The molecule has 1 unspecified atom stereocenters. The van der Waals surface area contributed by atoms with E-state index < -0.39 is 17.9 Å². The summed E-state index contributed by atoms with van der Waals surface area (Å²) in [7, 11) is 0. The second kappa shape index (κ2) is 7.21. The molecule has 1 atom stereocenters. The highest BCUT2D eigenvalue weighted by Gasteiger charge is 2.11. The molecule has 19 heavy (non-hydrogen) atoms. The summed E-state index contributed by atoms with van der Waals surface area (Å²) < 4.78 is 0. The van der Waals surface area contributed by atoms with Crippen molar-refractivity contribution in [1.82, 2.24) is 5.32 Å². The van der Waals surface area contributed by atoms with E-state index in [0.29, 0.717) is 22.2 Å². The molecule has 0 spiro atoms. The van der Waals surface area contributed by atoms with Gasteiger partial charge in [0.2, 0.25) is 0 Å². The van der Waals surface area contributed by atoms with Gasteiger partial charge < -0.3 is 15.7 Å². The Bertz CT molecular complexity index is 480. The molecule has 0 fully saturated rings. The quantitative estimate of drug-likeness (QED) is 0.781. The molecule has 1 aromatic carbocycles. The zero-order chi connectivity index (χ0) is 14.4. The average molecular weight is 305 g/mol. The Labute approximate surface area is 120 Å². The van der Waals surface area contributed by atoms with Gasteiger partial charge in [0.05, 0.1) is 16.6 Å². The molecule has 2 amide bonds. The second-order valence-corrected chi connectivity index (χ2v) is 4.88. The Hall–Kier alpha value is -1.46. The van der Waals surface area contributed by atoms with Crippen molar-refractivity contribution in [3.8, 4) is 0 Å². The van der Waals surface area contributed by atoms with Gasteiger partial charge in [0.1, 0.15) is 0 Å². The Morgan fingerprint density at radius 1 is 1.37 bits per heavy atom. The summed E-state index contributed by atoms with van der Waals surface area (Å²) in [6, 6.07) is 4.27. The third-order valence-electron chi connectivity index (χ3n) is 2.46. The summed E-state index contributed by atoms with van der Waals surface area (Å²) in [6.07, 6.45) is 0.358. The minimum atomic E-state index is -0.886. The molecule has 0 saturated carbocycles.